The molecule has 6 N–H and O–H groups in total. The van der Waals surface area contributed by atoms with E-state index in [9.17, 15) is 0 Å². The number of hydrogen-bond acceptors (Lipinski definition) is 0. The standard InChI is InChI=1S/3FH.Fe.3H2O/h3*1H;;3*1H2/q;;;+3;;;/p-3. The third-order valence-corrected chi connectivity index (χ3v) is 0. The van der Waals surface area contributed by atoms with Gasteiger partial charge in [0.15, 0.2) is 0 Å². The van der Waals surface area contributed by atoms with Gasteiger partial charge in [0.1, 0.15) is 0 Å². The molecule has 0 aromatic carbocycles. The molecule has 1 radical (unpaired) electrons. The monoisotopic (exact) mass is 167 g/mol. The summed E-state index contributed by atoms with van der Waals surface area (Å²) in [5.74, 6) is 0. The van der Waals surface area contributed by atoms with Crippen LogP contribution in [0, 0.1) is 0 Å². The van der Waals surface area contributed by atoms with E-state index < -0.39 is 0 Å². The van der Waals surface area contributed by atoms with E-state index in [1.54, 1.807) is 0 Å². The SMILES string of the molecule is O.O.O.[F-].[F-].[F-].[Fe+3]. The Kier molecular flexibility index (Phi) is 5090000. The van der Waals surface area contributed by atoms with Gasteiger partial charge < -0.3 is 30.5 Å². The third kappa shape index (κ3) is 3030. The maximum absolute atomic E-state index is 0. The molecule has 53 valence electrons. The summed E-state index contributed by atoms with van der Waals surface area (Å²) < 4.78 is 0. The first-order chi connectivity index (χ1) is 0. The molecule has 0 aliphatic carbocycles. The Morgan fingerprint density at radius 1 is 0.429 bits per heavy atom. The van der Waals surface area contributed by atoms with Gasteiger partial charge in [0.2, 0.25) is 0 Å². The summed E-state index contributed by atoms with van der Waals surface area (Å²) in [5, 5.41) is 0. The molecular weight excluding hydrogens is 161 g/mol. The van der Waals surface area contributed by atoms with Crippen LogP contribution in [0.25, 0.3) is 0 Å². The Labute approximate surface area is 48.6 Å². The van der Waals surface area contributed by atoms with Crippen LogP contribution in [0.1, 0.15) is 0 Å². The van der Waals surface area contributed by atoms with Crippen LogP contribution < -0.4 is 14.1 Å². The molecule has 0 atom stereocenters. The van der Waals surface area contributed by atoms with Crippen molar-refractivity contribution < 1.29 is 47.6 Å². The van der Waals surface area contributed by atoms with Crippen molar-refractivity contribution in [1.82, 2.24) is 0 Å². The topological polar surface area (TPSA) is 94.5 Å². The fraction of sp³-hybridized carbons (Fsp3) is 0. The molecular formula is H6F3FeO3. The first-order valence-corrected chi connectivity index (χ1v) is 0. The average molecular weight is 167 g/mol. The molecule has 0 aromatic rings. The van der Waals surface area contributed by atoms with Crippen LogP contribution in [0.4, 0.5) is 0 Å². The average Bonchev–Trinajstić information content (AvgIpc) is 0. The van der Waals surface area contributed by atoms with Gasteiger partial charge in [0.25, 0.3) is 0 Å². The smallest absolute Gasteiger partial charge is 1.00 e. The summed E-state index contributed by atoms with van der Waals surface area (Å²) in [7, 11) is 0. The van der Waals surface area contributed by atoms with Gasteiger partial charge in [-0.3, -0.25) is 0 Å². The van der Waals surface area contributed by atoms with Crippen molar-refractivity contribution in [2.24, 2.45) is 0 Å². The van der Waals surface area contributed by atoms with Gasteiger partial charge in [-0.1, -0.05) is 0 Å². The van der Waals surface area contributed by atoms with Crippen LogP contribution in [0.2, 0.25) is 0 Å². The fourth-order valence-corrected chi connectivity index (χ4v) is 0. The Morgan fingerprint density at radius 2 is 0.429 bits per heavy atom. The van der Waals surface area contributed by atoms with Gasteiger partial charge in [0.05, 0.1) is 0 Å². The second-order valence-electron chi connectivity index (χ2n) is 0. The molecule has 0 rings (SSSR count). The third-order valence-electron chi connectivity index (χ3n) is 0. The van der Waals surface area contributed by atoms with Crippen LogP contribution >= 0.6 is 0 Å². The van der Waals surface area contributed by atoms with Crippen molar-refractivity contribution in [2.45, 2.75) is 0 Å². The van der Waals surface area contributed by atoms with Crippen LogP contribution in [-0.2, 0) is 17.1 Å². The molecule has 0 heterocycles. The van der Waals surface area contributed by atoms with Crippen LogP contribution in [0.5, 0.6) is 0 Å². The molecule has 0 unspecified atom stereocenters. The molecule has 0 aromatic heterocycles. The predicted octanol–water partition coefficient (Wildman–Crippen LogP) is -11.5. The number of rotatable bonds is 0. The molecule has 0 aliphatic rings. The van der Waals surface area contributed by atoms with Crippen molar-refractivity contribution in [3.05, 3.63) is 0 Å². The summed E-state index contributed by atoms with van der Waals surface area (Å²) in [5.41, 5.74) is 0. The van der Waals surface area contributed by atoms with Crippen LogP contribution in [-0.4, -0.2) is 16.4 Å². The minimum Gasteiger partial charge on any atom is -1.00 e. The van der Waals surface area contributed by atoms with E-state index in [0.717, 1.165) is 0 Å². The second kappa shape index (κ2) is 4640. The van der Waals surface area contributed by atoms with Gasteiger partial charge in [-0.15, -0.1) is 0 Å². The van der Waals surface area contributed by atoms with Crippen LogP contribution in [0.15, 0.2) is 0 Å². The zero-order chi connectivity index (χ0) is 0. The van der Waals surface area contributed by atoms with Crippen molar-refractivity contribution in [2.75, 3.05) is 0 Å². The van der Waals surface area contributed by atoms with Crippen molar-refractivity contribution >= 4 is 0 Å². The largest absolute Gasteiger partial charge is 3.00 e. The van der Waals surface area contributed by atoms with Gasteiger partial charge in [0, 0.05) is 0 Å². The van der Waals surface area contributed by atoms with E-state index >= 15 is 0 Å². The fourth-order valence-electron chi connectivity index (χ4n) is 0. The molecule has 0 saturated carbocycles. The summed E-state index contributed by atoms with van der Waals surface area (Å²) in [4.78, 5) is 0. The minimum absolute atomic E-state index is 0. The summed E-state index contributed by atoms with van der Waals surface area (Å²) >= 11 is 0. The molecule has 0 fully saturated rings. The first kappa shape index (κ1) is 7670. The quantitative estimate of drug-likeness (QED) is 0.320. The summed E-state index contributed by atoms with van der Waals surface area (Å²) in [6.07, 6.45) is 0. The van der Waals surface area contributed by atoms with E-state index in [4.69, 9.17) is 0 Å². The number of halogens is 3. The van der Waals surface area contributed by atoms with E-state index in [2.05, 4.69) is 0 Å². The van der Waals surface area contributed by atoms with Gasteiger partial charge in [-0.2, -0.15) is 0 Å². The normalized spacial score (nSPS) is 0. The summed E-state index contributed by atoms with van der Waals surface area (Å²) in [6, 6.07) is 0. The second-order valence-corrected chi connectivity index (χ2v) is 0. The number of hydrogen-bond donors (Lipinski definition) is 0. The zero-order valence-electron chi connectivity index (χ0n) is 2.99. The Hall–Kier alpha value is 0.189. The maximum atomic E-state index is 0. The molecule has 7 heteroatoms. The van der Waals surface area contributed by atoms with E-state index in [0.29, 0.717) is 0 Å². The Morgan fingerprint density at radius 3 is 0.429 bits per heavy atom. The van der Waals surface area contributed by atoms with E-state index in [1.807, 2.05) is 0 Å². The van der Waals surface area contributed by atoms with E-state index in [-0.39, 0.29) is 47.6 Å². The maximum Gasteiger partial charge on any atom is 3.00 e. The van der Waals surface area contributed by atoms with Gasteiger partial charge >= 0.3 is 17.1 Å². The minimum atomic E-state index is 0. The Bertz CT molecular complexity index is 10.1. The van der Waals surface area contributed by atoms with Gasteiger partial charge in [-0.25, -0.2) is 0 Å². The zero-order valence-corrected chi connectivity index (χ0v) is 4.09. The molecule has 0 bridgehead atoms. The van der Waals surface area contributed by atoms with Crippen LogP contribution in [0.3, 0.4) is 0 Å². The molecule has 0 spiro atoms. The van der Waals surface area contributed by atoms with Crippen molar-refractivity contribution in [3.63, 3.8) is 0 Å². The van der Waals surface area contributed by atoms with Crippen molar-refractivity contribution in [3.8, 4) is 0 Å². The first-order valence-electron chi connectivity index (χ1n) is 0. The summed E-state index contributed by atoms with van der Waals surface area (Å²) in [6.45, 7) is 0. The van der Waals surface area contributed by atoms with E-state index in [1.165, 1.54) is 0 Å². The molecule has 7 heavy (non-hydrogen) atoms. The molecule has 3 nitrogen and oxygen atoms in total. The molecule has 0 aliphatic heterocycles. The predicted molar refractivity (Wildman–Crippen MR) is 10.8 cm³/mol. The Balaban J connectivity index is 0. The van der Waals surface area contributed by atoms with Crippen molar-refractivity contribution in [1.29, 1.82) is 0 Å². The van der Waals surface area contributed by atoms with Gasteiger partial charge in [-0.05, 0) is 0 Å². The molecule has 0 saturated heterocycles. The molecule has 0 amide bonds.